The topological polar surface area (TPSA) is 128 Å². The quantitative estimate of drug-likeness (QED) is 0.486. The average molecular weight is 407 g/mol. The molecule has 1 fully saturated rings. The molecule has 3 aromatic heterocycles. The maximum atomic E-state index is 12.4. The van der Waals surface area contributed by atoms with Gasteiger partial charge in [0.2, 0.25) is 11.5 Å². The molecule has 1 atom stereocenters. The van der Waals surface area contributed by atoms with Gasteiger partial charge < -0.3 is 11.1 Å². The first-order valence-electron chi connectivity index (χ1n) is 9.92. The third kappa shape index (κ3) is 3.80. The normalized spacial score (nSPS) is 18.5. The third-order valence-corrected chi connectivity index (χ3v) is 5.14. The fourth-order valence-corrected chi connectivity index (χ4v) is 3.57. The van der Waals surface area contributed by atoms with Crippen LogP contribution in [0, 0.1) is 6.92 Å². The number of aryl methyl sites for hydroxylation is 2. The minimum Gasteiger partial charge on any atom is -0.383 e. The number of hydrogen-bond acceptors (Lipinski definition) is 6. The summed E-state index contributed by atoms with van der Waals surface area (Å²) >= 11 is 0. The Morgan fingerprint density at radius 2 is 2.17 bits per heavy atom. The van der Waals surface area contributed by atoms with Gasteiger partial charge in [0.05, 0.1) is 16.6 Å². The molecule has 0 bridgehead atoms. The molecule has 30 heavy (non-hydrogen) atoms. The van der Waals surface area contributed by atoms with Crippen molar-refractivity contribution in [1.82, 2.24) is 29.6 Å². The number of nitrogens with two attached hydrogens (primary N) is 1. The first-order chi connectivity index (χ1) is 14.4. The van der Waals surface area contributed by atoms with E-state index >= 15 is 0 Å². The summed E-state index contributed by atoms with van der Waals surface area (Å²) < 4.78 is 3.45. The summed E-state index contributed by atoms with van der Waals surface area (Å²) in [4.78, 5) is 30.6. The number of hydrogen-bond donors (Lipinski definition) is 2. The van der Waals surface area contributed by atoms with Gasteiger partial charge in [0, 0.05) is 33.0 Å². The number of carbonyl (C=O) groups is 1. The predicted molar refractivity (Wildman–Crippen MR) is 113 cm³/mol. The van der Waals surface area contributed by atoms with E-state index in [1.54, 1.807) is 15.4 Å². The zero-order valence-electron chi connectivity index (χ0n) is 17.3. The summed E-state index contributed by atoms with van der Waals surface area (Å²) in [6, 6.07) is 3.23. The summed E-state index contributed by atoms with van der Waals surface area (Å²) in [5.41, 5.74) is 8.76. The fourth-order valence-electron chi connectivity index (χ4n) is 3.57. The van der Waals surface area contributed by atoms with Crippen molar-refractivity contribution in [2.75, 3.05) is 6.54 Å². The van der Waals surface area contributed by atoms with Crippen LogP contribution in [-0.4, -0.2) is 48.6 Å². The summed E-state index contributed by atoms with van der Waals surface area (Å²) in [7, 11) is 3.65. The molecule has 1 aliphatic rings. The van der Waals surface area contributed by atoms with Crippen LogP contribution in [0.4, 0.5) is 5.82 Å². The smallest absolute Gasteiger partial charge is 0.244 e. The van der Waals surface area contributed by atoms with Crippen LogP contribution in [0.1, 0.15) is 30.5 Å². The molecule has 4 rings (SSSR count). The van der Waals surface area contributed by atoms with Gasteiger partial charge in [0.15, 0.2) is 5.65 Å². The van der Waals surface area contributed by atoms with E-state index in [1.807, 2.05) is 39.3 Å². The maximum absolute atomic E-state index is 12.4. The molecule has 156 valence electrons. The van der Waals surface area contributed by atoms with Crippen LogP contribution in [0.2, 0.25) is 0 Å². The molecular formula is C20H25N9O. The van der Waals surface area contributed by atoms with Crippen molar-refractivity contribution in [3.8, 4) is 0 Å². The largest absolute Gasteiger partial charge is 0.383 e. The molecule has 0 saturated carbocycles. The standard InChI is InChI=1S/C20H25N9O/c1-12-14(11-28(2)27-12)16(21)25-18-13-7-6-10-22-17(13)26-20(29(18)3)24-15-8-4-5-9-23-19(15)30/h6-7,10-11,15H,4-5,8-9H2,1-3H3,(H2,21,25)(H,23,30)/t15-/m1/s1. The Labute approximate surface area is 173 Å². The Hall–Kier alpha value is -3.56. The molecule has 1 amide bonds. The molecule has 10 nitrogen and oxygen atoms in total. The zero-order valence-corrected chi connectivity index (χ0v) is 17.3. The van der Waals surface area contributed by atoms with E-state index in [-0.39, 0.29) is 5.91 Å². The molecule has 0 aliphatic carbocycles. The number of nitrogens with one attached hydrogen (secondary N) is 1. The Kier molecular flexibility index (Phi) is 5.30. The predicted octanol–water partition coefficient (Wildman–Crippen LogP) is 0.617. The minimum atomic E-state index is -0.484. The highest BCUT2D eigenvalue weighted by atomic mass is 16.2. The van der Waals surface area contributed by atoms with E-state index < -0.39 is 6.04 Å². The SMILES string of the molecule is Cc1nn(C)cc1C(N)=Nc1c2cccnc2nc(=N[C@@H]2CCCCNC2=O)n1C. The molecule has 0 unspecified atom stereocenters. The maximum Gasteiger partial charge on any atom is 0.244 e. The fraction of sp³-hybridized carbons (Fsp3) is 0.400. The van der Waals surface area contributed by atoms with Crippen molar-refractivity contribution in [1.29, 1.82) is 0 Å². The van der Waals surface area contributed by atoms with Crippen LogP contribution in [-0.2, 0) is 18.9 Å². The van der Waals surface area contributed by atoms with Gasteiger partial charge in [-0.3, -0.25) is 14.0 Å². The molecule has 1 aliphatic heterocycles. The number of fused-ring (bicyclic) bond motifs is 1. The molecule has 0 spiro atoms. The summed E-state index contributed by atoms with van der Waals surface area (Å²) in [6.07, 6.45) is 6.06. The minimum absolute atomic E-state index is 0.0778. The number of aliphatic imine (C=N–C) groups is 1. The van der Waals surface area contributed by atoms with Gasteiger partial charge in [0.25, 0.3) is 0 Å². The highest BCUT2D eigenvalue weighted by Crippen LogP contribution is 2.22. The lowest BCUT2D eigenvalue weighted by Crippen LogP contribution is -2.35. The molecule has 0 aromatic carbocycles. The number of rotatable bonds is 3. The van der Waals surface area contributed by atoms with Gasteiger partial charge in [-0.2, -0.15) is 10.1 Å². The van der Waals surface area contributed by atoms with Crippen molar-refractivity contribution < 1.29 is 4.79 Å². The van der Waals surface area contributed by atoms with Crippen LogP contribution in [0.15, 0.2) is 34.5 Å². The highest BCUT2D eigenvalue weighted by molar-refractivity contribution is 6.01. The van der Waals surface area contributed by atoms with Crippen LogP contribution < -0.4 is 16.7 Å². The molecule has 0 radical (unpaired) electrons. The number of carbonyl (C=O) groups excluding carboxylic acids is 1. The molecular weight excluding hydrogens is 382 g/mol. The zero-order chi connectivity index (χ0) is 21.3. The first kappa shape index (κ1) is 19.7. The summed E-state index contributed by atoms with van der Waals surface area (Å²) in [6.45, 7) is 2.57. The molecule has 3 N–H and O–H groups in total. The van der Waals surface area contributed by atoms with E-state index in [9.17, 15) is 4.79 Å². The Bertz CT molecular complexity index is 1200. The second-order valence-electron chi connectivity index (χ2n) is 7.40. The molecule has 1 saturated heterocycles. The second-order valence-corrected chi connectivity index (χ2v) is 7.40. The number of amides is 1. The van der Waals surface area contributed by atoms with Crippen molar-refractivity contribution in [3.63, 3.8) is 0 Å². The summed E-state index contributed by atoms with van der Waals surface area (Å²) in [5.74, 6) is 0.832. The second kappa shape index (κ2) is 8.05. The number of aromatic nitrogens is 5. The molecule has 3 aromatic rings. The monoisotopic (exact) mass is 407 g/mol. The van der Waals surface area contributed by atoms with E-state index in [0.717, 1.165) is 29.5 Å². The van der Waals surface area contributed by atoms with E-state index in [2.05, 4.69) is 30.4 Å². The van der Waals surface area contributed by atoms with Gasteiger partial charge in [0.1, 0.15) is 17.7 Å². The average Bonchev–Trinajstić information content (AvgIpc) is 2.93. The Morgan fingerprint density at radius 3 is 2.93 bits per heavy atom. The highest BCUT2D eigenvalue weighted by Gasteiger charge is 2.20. The van der Waals surface area contributed by atoms with E-state index in [4.69, 9.17) is 5.73 Å². The van der Waals surface area contributed by atoms with Gasteiger partial charge >= 0.3 is 0 Å². The number of amidine groups is 1. The van der Waals surface area contributed by atoms with Gasteiger partial charge in [-0.25, -0.2) is 15.0 Å². The van der Waals surface area contributed by atoms with Crippen LogP contribution >= 0.6 is 0 Å². The van der Waals surface area contributed by atoms with Gasteiger partial charge in [-0.1, -0.05) is 0 Å². The van der Waals surface area contributed by atoms with E-state index in [1.165, 1.54) is 0 Å². The van der Waals surface area contributed by atoms with Crippen LogP contribution in [0.3, 0.4) is 0 Å². The van der Waals surface area contributed by atoms with Crippen molar-refractivity contribution in [2.45, 2.75) is 32.2 Å². The Balaban J connectivity index is 1.90. The van der Waals surface area contributed by atoms with Gasteiger partial charge in [-0.05, 0) is 38.3 Å². The van der Waals surface area contributed by atoms with Crippen molar-refractivity contribution >= 4 is 28.6 Å². The van der Waals surface area contributed by atoms with Gasteiger partial charge in [-0.15, -0.1) is 0 Å². The number of pyridine rings is 1. The van der Waals surface area contributed by atoms with Crippen LogP contribution in [0.25, 0.3) is 11.0 Å². The number of nitrogens with zero attached hydrogens (tertiary/aromatic N) is 7. The Morgan fingerprint density at radius 1 is 1.33 bits per heavy atom. The van der Waals surface area contributed by atoms with Crippen molar-refractivity contribution in [3.05, 3.63) is 41.4 Å². The molecule has 4 heterocycles. The van der Waals surface area contributed by atoms with Crippen molar-refractivity contribution in [2.24, 2.45) is 29.8 Å². The first-order valence-corrected chi connectivity index (χ1v) is 9.92. The summed E-state index contributed by atoms with van der Waals surface area (Å²) in [5, 5.41) is 7.98. The lowest BCUT2D eigenvalue weighted by molar-refractivity contribution is -0.122. The third-order valence-electron chi connectivity index (χ3n) is 5.14. The molecule has 10 heteroatoms. The lowest BCUT2D eigenvalue weighted by Gasteiger charge is -2.12. The van der Waals surface area contributed by atoms with Crippen LogP contribution in [0.5, 0.6) is 0 Å². The lowest BCUT2D eigenvalue weighted by atomic mass is 10.1. The van der Waals surface area contributed by atoms with E-state index in [0.29, 0.717) is 35.9 Å².